The number of anilines is 1. The van der Waals surface area contributed by atoms with E-state index in [4.69, 9.17) is 19.9 Å². The highest BCUT2D eigenvalue weighted by Crippen LogP contribution is 2.42. The molecule has 10 heteroatoms. The van der Waals surface area contributed by atoms with Gasteiger partial charge in [0.25, 0.3) is 0 Å². The first-order chi connectivity index (χ1) is 11.5. The number of H-pyrrole nitrogens is 1. The lowest BCUT2D eigenvalue weighted by atomic mass is 10.3. The highest BCUT2D eigenvalue weighted by Gasteiger charge is 2.16. The average Bonchev–Trinajstić information content (AvgIpc) is 2.96. The van der Waals surface area contributed by atoms with Crippen LogP contribution in [0.25, 0.3) is 11.2 Å². The maximum absolute atomic E-state index is 13.2. The summed E-state index contributed by atoms with van der Waals surface area (Å²) in [6.07, 6.45) is -0.921. The van der Waals surface area contributed by atoms with Gasteiger partial charge in [-0.1, -0.05) is 11.8 Å². The lowest BCUT2D eigenvalue weighted by Gasteiger charge is -2.13. The largest absolute Gasteiger partial charge is 0.493 e. The monoisotopic (exact) mass is 351 g/mol. The summed E-state index contributed by atoms with van der Waals surface area (Å²) in [6, 6.07) is 3.55. The molecule has 0 spiro atoms. The van der Waals surface area contributed by atoms with Gasteiger partial charge in [0, 0.05) is 4.90 Å². The molecule has 0 radical (unpaired) electrons. The minimum absolute atomic E-state index is 0.00161. The Labute approximate surface area is 140 Å². The lowest BCUT2D eigenvalue weighted by molar-refractivity contribution is 0.323. The van der Waals surface area contributed by atoms with E-state index in [1.54, 1.807) is 12.1 Å². The standard InChI is InChI=1S/C14H14FN5O3S/c1-21-7-4-6(5-8(22-2)10(7)23-3)24-14-17-9-11(16)18-13(15)19-12(9)20-14/h4-5H,1-3H3,(H3,16,17,18,19,20). The third-order valence-electron chi connectivity index (χ3n) is 3.18. The topological polar surface area (TPSA) is 108 Å². The van der Waals surface area contributed by atoms with Gasteiger partial charge < -0.3 is 24.9 Å². The van der Waals surface area contributed by atoms with Crippen LogP contribution in [-0.2, 0) is 0 Å². The van der Waals surface area contributed by atoms with Crippen molar-refractivity contribution in [3.05, 3.63) is 18.2 Å². The lowest BCUT2D eigenvalue weighted by Crippen LogP contribution is -1.97. The van der Waals surface area contributed by atoms with Crippen molar-refractivity contribution in [2.75, 3.05) is 27.1 Å². The summed E-state index contributed by atoms with van der Waals surface area (Å²) in [4.78, 5) is 15.0. The number of nitrogens with two attached hydrogens (primary N) is 1. The van der Waals surface area contributed by atoms with Gasteiger partial charge in [0.15, 0.2) is 28.1 Å². The maximum Gasteiger partial charge on any atom is 0.312 e. The minimum Gasteiger partial charge on any atom is -0.493 e. The summed E-state index contributed by atoms with van der Waals surface area (Å²) in [5.41, 5.74) is 6.21. The fraction of sp³-hybridized carbons (Fsp3) is 0.214. The zero-order valence-corrected chi connectivity index (χ0v) is 13.9. The van der Waals surface area contributed by atoms with E-state index in [9.17, 15) is 4.39 Å². The van der Waals surface area contributed by atoms with Crippen molar-refractivity contribution in [3.8, 4) is 17.2 Å². The first-order valence-electron chi connectivity index (χ1n) is 6.72. The number of ether oxygens (including phenoxy) is 3. The molecule has 0 aliphatic rings. The van der Waals surface area contributed by atoms with E-state index in [2.05, 4.69) is 19.9 Å². The Morgan fingerprint density at radius 2 is 1.71 bits per heavy atom. The molecule has 0 bridgehead atoms. The molecule has 0 aliphatic heterocycles. The average molecular weight is 351 g/mol. The Bertz CT molecular complexity index is 876. The van der Waals surface area contributed by atoms with Gasteiger partial charge >= 0.3 is 6.08 Å². The highest BCUT2D eigenvalue weighted by molar-refractivity contribution is 7.99. The first kappa shape index (κ1) is 16.1. The Morgan fingerprint density at radius 3 is 2.29 bits per heavy atom. The third-order valence-corrected chi connectivity index (χ3v) is 4.04. The van der Waals surface area contributed by atoms with Gasteiger partial charge in [0.05, 0.1) is 21.3 Å². The second kappa shape index (κ2) is 6.40. The summed E-state index contributed by atoms with van der Waals surface area (Å²) in [7, 11) is 4.60. The summed E-state index contributed by atoms with van der Waals surface area (Å²) in [6.45, 7) is 0. The molecule has 126 valence electrons. The molecule has 2 aromatic heterocycles. The van der Waals surface area contributed by atoms with Crippen molar-refractivity contribution in [3.63, 3.8) is 0 Å². The van der Waals surface area contributed by atoms with Gasteiger partial charge in [0.2, 0.25) is 5.75 Å². The number of benzene rings is 1. The van der Waals surface area contributed by atoms with Crippen molar-refractivity contribution in [2.45, 2.75) is 10.1 Å². The van der Waals surface area contributed by atoms with Crippen molar-refractivity contribution in [1.82, 2.24) is 19.9 Å². The molecule has 0 aliphatic carbocycles. The molecule has 0 atom stereocenters. The van der Waals surface area contributed by atoms with Crippen LogP contribution < -0.4 is 19.9 Å². The van der Waals surface area contributed by atoms with E-state index < -0.39 is 6.08 Å². The number of hydrogen-bond donors (Lipinski definition) is 2. The number of hydrogen-bond acceptors (Lipinski definition) is 8. The van der Waals surface area contributed by atoms with Crippen LogP contribution >= 0.6 is 11.8 Å². The summed E-state index contributed by atoms with van der Waals surface area (Å²) in [5, 5.41) is 0.478. The molecule has 0 amide bonds. The second-order valence-corrected chi connectivity index (χ2v) is 5.64. The van der Waals surface area contributed by atoms with Crippen molar-refractivity contribution in [2.24, 2.45) is 0 Å². The second-order valence-electron chi connectivity index (χ2n) is 4.58. The number of fused-ring (bicyclic) bond motifs is 1. The van der Waals surface area contributed by atoms with E-state index in [1.807, 2.05) is 0 Å². The summed E-state index contributed by atoms with van der Waals surface area (Å²) >= 11 is 1.28. The normalized spacial score (nSPS) is 10.8. The molecule has 2 heterocycles. The Hall–Kier alpha value is -2.75. The number of nitrogen functional groups attached to an aromatic ring is 1. The van der Waals surface area contributed by atoms with Crippen molar-refractivity contribution in [1.29, 1.82) is 0 Å². The van der Waals surface area contributed by atoms with E-state index in [0.29, 0.717) is 27.9 Å². The molecule has 0 unspecified atom stereocenters. The van der Waals surface area contributed by atoms with Crippen LogP contribution in [0, 0.1) is 6.08 Å². The number of nitrogens with one attached hydrogen (secondary N) is 1. The SMILES string of the molecule is COc1cc(Sc2nc3nc(F)nc(N)c3[nH]2)cc(OC)c1OC. The summed E-state index contributed by atoms with van der Waals surface area (Å²) < 4.78 is 29.1. The third kappa shape index (κ3) is 2.87. The predicted octanol–water partition coefficient (Wildman–Crippen LogP) is 2.25. The number of aromatic nitrogens is 4. The summed E-state index contributed by atoms with van der Waals surface area (Å²) in [5.74, 6) is 1.52. The van der Waals surface area contributed by atoms with E-state index in [0.717, 1.165) is 4.90 Å². The van der Waals surface area contributed by atoms with Gasteiger partial charge in [-0.05, 0) is 12.1 Å². The van der Waals surface area contributed by atoms with Gasteiger partial charge in [-0.25, -0.2) is 4.98 Å². The first-order valence-corrected chi connectivity index (χ1v) is 7.54. The van der Waals surface area contributed by atoms with Gasteiger partial charge in [-0.15, -0.1) is 0 Å². The minimum atomic E-state index is -0.921. The van der Waals surface area contributed by atoms with E-state index in [-0.39, 0.29) is 11.5 Å². The smallest absolute Gasteiger partial charge is 0.312 e. The molecular formula is C14H14FN5O3S. The van der Waals surface area contributed by atoms with Crippen LogP contribution in [0.4, 0.5) is 10.2 Å². The van der Waals surface area contributed by atoms with Gasteiger partial charge in [-0.2, -0.15) is 14.4 Å². The number of methoxy groups -OCH3 is 3. The number of aromatic amines is 1. The Morgan fingerprint density at radius 1 is 1.04 bits per heavy atom. The fourth-order valence-electron chi connectivity index (χ4n) is 2.15. The van der Waals surface area contributed by atoms with E-state index in [1.165, 1.54) is 33.1 Å². The Kier molecular flexibility index (Phi) is 4.30. The van der Waals surface area contributed by atoms with Crippen LogP contribution in [0.2, 0.25) is 0 Å². The van der Waals surface area contributed by atoms with E-state index >= 15 is 0 Å². The number of imidazole rings is 1. The number of nitrogens with zero attached hydrogens (tertiary/aromatic N) is 3. The highest BCUT2D eigenvalue weighted by atomic mass is 32.2. The van der Waals surface area contributed by atoms with Gasteiger partial charge in [-0.3, -0.25) is 0 Å². The molecular weight excluding hydrogens is 337 g/mol. The molecule has 0 saturated carbocycles. The molecule has 3 rings (SSSR count). The molecule has 3 N–H and O–H groups in total. The molecule has 3 aromatic rings. The molecule has 8 nitrogen and oxygen atoms in total. The van der Waals surface area contributed by atoms with Crippen LogP contribution in [0.15, 0.2) is 22.2 Å². The molecule has 0 fully saturated rings. The van der Waals surface area contributed by atoms with Gasteiger partial charge in [0.1, 0.15) is 5.52 Å². The fourth-order valence-corrected chi connectivity index (χ4v) is 2.99. The van der Waals surface area contributed by atoms with Crippen LogP contribution in [0.5, 0.6) is 17.2 Å². The molecule has 24 heavy (non-hydrogen) atoms. The van der Waals surface area contributed by atoms with Crippen LogP contribution in [-0.4, -0.2) is 41.3 Å². The van der Waals surface area contributed by atoms with Crippen molar-refractivity contribution >= 4 is 28.7 Å². The quantitative estimate of drug-likeness (QED) is 0.674. The van der Waals surface area contributed by atoms with Crippen molar-refractivity contribution < 1.29 is 18.6 Å². The molecule has 1 aromatic carbocycles. The number of rotatable bonds is 5. The maximum atomic E-state index is 13.2. The predicted molar refractivity (Wildman–Crippen MR) is 86.3 cm³/mol. The van der Waals surface area contributed by atoms with Crippen LogP contribution in [0.3, 0.4) is 0 Å². The zero-order valence-electron chi connectivity index (χ0n) is 13.1. The molecule has 0 saturated heterocycles. The van der Waals surface area contributed by atoms with Crippen LogP contribution in [0.1, 0.15) is 0 Å². The number of halogens is 1. The zero-order chi connectivity index (χ0) is 17.3. The Balaban J connectivity index is 2.00.